The Morgan fingerprint density at radius 1 is 0.377 bits per heavy atom. The highest BCUT2D eigenvalue weighted by Gasteiger charge is 2.41. The smallest absolute Gasteiger partial charge is 0.193 e. The summed E-state index contributed by atoms with van der Waals surface area (Å²) in [6.07, 6.45) is 10.7. The van der Waals surface area contributed by atoms with Gasteiger partial charge in [-0.25, -0.2) is 0 Å². The molecule has 0 radical (unpaired) electrons. The molecule has 0 amide bonds. The van der Waals surface area contributed by atoms with E-state index in [1.165, 1.54) is 145 Å². The number of rotatable bonds is 18. The van der Waals surface area contributed by atoms with E-state index in [-0.39, 0.29) is 23.7 Å². The van der Waals surface area contributed by atoms with Crippen LogP contribution in [0, 0.1) is 13.8 Å². The van der Waals surface area contributed by atoms with Gasteiger partial charge in [-0.15, -0.1) is 0 Å². The topological polar surface area (TPSA) is 8.81 Å². The van der Waals surface area contributed by atoms with Crippen LogP contribution in [-0.2, 0) is 51.4 Å². The molecule has 0 fully saturated rings. The van der Waals surface area contributed by atoms with Crippen molar-refractivity contribution >= 4 is 10.8 Å². The Labute approximate surface area is 463 Å². The number of aryl methyl sites for hydroxylation is 10. The molecule has 10 rings (SSSR count). The molecule has 0 N–H and O–H groups in total. The largest absolute Gasteiger partial charge is 0.255 e. The lowest BCUT2D eigenvalue weighted by atomic mass is 9.82. The van der Waals surface area contributed by atoms with Gasteiger partial charge in [-0.1, -0.05) is 216 Å². The summed E-state index contributed by atoms with van der Waals surface area (Å²) in [6, 6.07) is 53.8. The van der Waals surface area contributed by atoms with Crippen LogP contribution in [0.25, 0.3) is 44.7 Å². The molecular formula is C75H85N2+. The van der Waals surface area contributed by atoms with Crippen molar-refractivity contribution in [3.63, 3.8) is 0 Å². The maximum atomic E-state index is 2.69. The molecule has 2 nitrogen and oxygen atoms in total. The van der Waals surface area contributed by atoms with Gasteiger partial charge < -0.3 is 0 Å². The summed E-state index contributed by atoms with van der Waals surface area (Å²) in [7, 11) is 0. The highest BCUT2D eigenvalue weighted by molar-refractivity contribution is 6.13. The Kier molecular flexibility index (Phi) is 15.5. The molecule has 9 aromatic rings. The normalized spacial score (nSPS) is 13.5. The van der Waals surface area contributed by atoms with E-state index in [2.05, 4.69) is 246 Å². The average Bonchev–Trinajstić information content (AvgIpc) is 4.21. The number of imidazole rings is 1. The van der Waals surface area contributed by atoms with Gasteiger partial charge in [0.05, 0.1) is 0 Å². The second-order valence-corrected chi connectivity index (χ2v) is 22.9. The van der Waals surface area contributed by atoms with Gasteiger partial charge in [0.15, 0.2) is 11.4 Å². The van der Waals surface area contributed by atoms with Gasteiger partial charge in [-0.05, 0) is 149 Å². The van der Waals surface area contributed by atoms with Gasteiger partial charge in [0.2, 0.25) is 0 Å². The fourth-order valence-corrected chi connectivity index (χ4v) is 13.1. The summed E-state index contributed by atoms with van der Waals surface area (Å²) in [5.74, 6) is 0.480. The Morgan fingerprint density at radius 2 is 0.688 bits per heavy atom. The summed E-state index contributed by atoms with van der Waals surface area (Å²) >= 11 is 0. The van der Waals surface area contributed by atoms with Crippen LogP contribution in [0.2, 0.25) is 0 Å². The van der Waals surface area contributed by atoms with Crippen molar-refractivity contribution in [1.82, 2.24) is 4.57 Å². The summed E-state index contributed by atoms with van der Waals surface area (Å²) in [6.45, 7) is 33.0. The molecular weight excluding hydrogens is 929 g/mol. The van der Waals surface area contributed by atoms with Crippen LogP contribution in [-0.4, -0.2) is 4.57 Å². The lowest BCUT2D eigenvalue weighted by molar-refractivity contribution is -0.584. The highest BCUT2D eigenvalue weighted by Crippen LogP contribution is 2.50. The van der Waals surface area contributed by atoms with Crippen LogP contribution in [0.1, 0.15) is 207 Å². The number of hydrogen-bond acceptors (Lipinski definition) is 0. The van der Waals surface area contributed by atoms with Crippen molar-refractivity contribution in [3.8, 4) is 33.9 Å². The predicted octanol–water partition coefficient (Wildman–Crippen LogP) is 19.3. The van der Waals surface area contributed by atoms with E-state index >= 15 is 0 Å². The molecule has 8 aromatic carbocycles. The molecule has 2 heteroatoms. The maximum Gasteiger partial charge on any atom is 0.255 e. The molecule has 394 valence electrons. The average molecular weight is 1010 g/mol. The fourth-order valence-electron chi connectivity index (χ4n) is 13.1. The quantitative estimate of drug-likeness (QED) is 0.0758. The zero-order chi connectivity index (χ0) is 54.4. The van der Waals surface area contributed by atoms with Crippen LogP contribution >= 0.6 is 0 Å². The summed E-state index contributed by atoms with van der Waals surface area (Å²) in [5.41, 5.74) is 32.7. The van der Waals surface area contributed by atoms with Crippen molar-refractivity contribution in [1.29, 1.82) is 0 Å². The highest BCUT2D eigenvalue weighted by atomic mass is 15.2. The second-order valence-electron chi connectivity index (χ2n) is 22.9. The monoisotopic (exact) mass is 1010 g/mol. The third kappa shape index (κ3) is 9.96. The number of aromatic nitrogens is 2. The van der Waals surface area contributed by atoms with E-state index in [1.807, 2.05) is 0 Å². The molecule has 0 saturated carbocycles. The molecule has 4 atom stereocenters. The summed E-state index contributed by atoms with van der Waals surface area (Å²) in [5, 5.41) is 2.62. The van der Waals surface area contributed by atoms with Crippen molar-refractivity contribution < 1.29 is 4.57 Å². The Hall–Kier alpha value is -6.77. The number of benzene rings is 8. The lowest BCUT2D eigenvalue weighted by Crippen LogP contribution is -2.35. The number of fused-ring (bicyclic) bond motifs is 3. The Bertz CT molecular complexity index is 3180. The van der Waals surface area contributed by atoms with Gasteiger partial charge in [0.1, 0.15) is 11.4 Å². The summed E-state index contributed by atoms with van der Waals surface area (Å²) < 4.78 is 5.39. The van der Waals surface area contributed by atoms with E-state index in [9.17, 15) is 0 Å². The minimum atomic E-state index is 0.120. The molecule has 0 spiro atoms. The van der Waals surface area contributed by atoms with Crippen LogP contribution < -0.4 is 4.57 Å². The molecule has 0 unspecified atom stereocenters. The van der Waals surface area contributed by atoms with Crippen LogP contribution in [0.5, 0.6) is 0 Å². The van der Waals surface area contributed by atoms with E-state index in [1.54, 1.807) is 0 Å². The summed E-state index contributed by atoms with van der Waals surface area (Å²) in [4.78, 5) is 0. The van der Waals surface area contributed by atoms with Gasteiger partial charge in [-0.2, -0.15) is 9.13 Å². The first-order valence-corrected chi connectivity index (χ1v) is 29.7. The minimum absolute atomic E-state index is 0.120. The zero-order valence-corrected chi connectivity index (χ0v) is 49.1. The standard InChI is InChI=1S/C75H85N2/c1-15-52-33-53(16-2)38-61(37-52)48(11)67-29-46(9)30-68(49(12)62-39-54(17-3)34-55(18-4)40-62)72(67)76-45-77(75-66-28-24-26-60-25-23-27-65(71(60)66)74(75)76)73-69(50(13)63-41-56(19-5)35-57(20-6)42-63)31-47(10)32-70(73)51(14)64-43-58(21-7)36-59(22-8)44-64/h23-45,48-51H,15-22H2,1-14H3/q+1/t48-,49-,50-,51-/m1/s1. The molecule has 0 aliphatic heterocycles. The van der Waals surface area contributed by atoms with E-state index in [0.29, 0.717) is 0 Å². The molecule has 77 heavy (non-hydrogen) atoms. The van der Waals surface area contributed by atoms with Crippen LogP contribution in [0.3, 0.4) is 0 Å². The van der Waals surface area contributed by atoms with Crippen molar-refractivity contribution in [2.75, 3.05) is 0 Å². The first-order valence-electron chi connectivity index (χ1n) is 29.7. The molecule has 0 bridgehead atoms. The zero-order valence-electron chi connectivity index (χ0n) is 49.1. The molecule has 1 aromatic heterocycles. The lowest BCUT2D eigenvalue weighted by Gasteiger charge is -2.25. The van der Waals surface area contributed by atoms with Gasteiger partial charge in [0, 0.05) is 62.4 Å². The molecule has 0 saturated heterocycles. The fraction of sp³-hybridized carbons (Fsp3) is 0.347. The van der Waals surface area contributed by atoms with Crippen LogP contribution in [0.15, 0.2) is 140 Å². The number of hydrogen-bond donors (Lipinski definition) is 0. The van der Waals surface area contributed by atoms with E-state index in [4.69, 9.17) is 0 Å². The SMILES string of the molecule is CCc1cc(CC)cc([C@@H](C)c2cc(C)cc([C@H](C)c3cc(CC)cc(CC)c3)c2-n2c[n+](-c3c([C@H](C)c4cc(CC)cc(CC)c4)cc(C)cc3[C@H](C)c3cc(CC)cc(CC)c3)c3c2-c2cccc4cccc-3c24)c1. The third-order valence-corrected chi connectivity index (χ3v) is 17.9. The van der Waals surface area contributed by atoms with Crippen molar-refractivity contribution in [3.05, 3.63) is 240 Å². The first-order chi connectivity index (χ1) is 37.2. The maximum absolute atomic E-state index is 2.69. The van der Waals surface area contributed by atoms with E-state index in [0.717, 1.165) is 51.4 Å². The van der Waals surface area contributed by atoms with E-state index < -0.39 is 0 Å². The van der Waals surface area contributed by atoms with Gasteiger partial charge >= 0.3 is 0 Å². The predicted molar refractivity (Wildman–Crippen MR) is 330 cm³/mol. The van der Waals surface area contributed by atoms with Gasteiger partial charge in [-0.3, -0.25) is 0 Å². The molecule has 1 aliphatic carbocycles. The first kappa shape index (κ1) is 53.6. The van der Waals surface area contributed by atoms with Crippen molar-refractivity contribution in [2.45, 2.75) is 172 Å². The second kappa shape index (κ2) is 22.3. The van der Waals surface area contributed by atoms with Gasteiger partial charge in [0.25, 0.3) is 6.33 Å². The molecule has 1 heterocycles. The Balaban J connectivity index is 1.36. The number of nitrogens with zero attached hydrogens (tertiary/aromatic N) is 2. The van der Waals surface area contributed by atoms with Crippen LogP contribution in [0.4, 0.5) is 0 Å². The Morgan fingerprint density at radius 3 is 1.03 bits per heavy atom. The molecule has 1 aliphatic rings. The minimum Gasteiger partial charge on any atom is -0.193 e. The third-order valence-electron chi connectivity index (χ3n) is 17.9. The van der Waals surface area contributed by atoms with Crippen molar-refractivity contribution in [2.24, 2.45) is 0 Å².